The van der Waals surface area contributed by atoms with Gasteiger partial charge in [0.05, 0.1) is 0 Å². The lowest BCUT2D eigenvalue weighted by atomic mass is 10.2. The van der Waals surface area contributed by atoms with Gasteiger partial charge in [-0.2, -0.15) is 5.26 Å². The molecule has 0 fully saturated rings. The van der Waals surface area contributed by atoms with Gasteiger partial charge in [0.15, 0.2) is 0 Å². The van der Waals surface area contributed by atoms with Crippen LogP contribution in [0.2, 0.25) is 5.02 Å². The number of halogens is 2. The molecule has 0 saturated carbocycles. The number of hydrogen-bond donors (Lipinski definition) is 1. The highest BCUT2D eigenvalue weighted by Gasteiger charge is 2.12. The molecule has 1 N–H and O–H groups in total. The normalized spacial score (nSPS) is 11.1. The molecule has 0 atom stereocenters. The summed E-state index contributed by atoms with van der Waals surface area (Å²) in [4.78, 5) is 12.4. The quantitative estimate of drug-likeness (QED) is 0.386. The van der Waals surface area contributed by atoms with Gasteiger partial charge >= 0.3 is 0 Å². The van der Waals surface area contributed by atoms with Gasteiger partial charge in [-0.05, 0) is 48.9 Å². The maximum absolute atomic E-state index is 12.4. The minimum Gasteiger partial charge on any atom is -0.457 e. The van der Waals surface area contributed by atoms with E-state index in [1.807, 2.05) is 37.3 Å². The average molecular weight is 442 g/mol. The number of nitriles is 1. The largest absolute Gasteiger partial charge is 0.457 e. The monoisotopic (exact) mass is 440 g/mol. The maximum Gasteiger partial charge on any atom is 0.266 e. The Kier molecular flexibility index (Phi) is 5.80. The number of carbonyl (C=O) groups excluding carboxylic acids is 1. The van der Waals surface area contributed by atoms with E-state index in [4.69, 9.17) is 16.0 Å². The van der Waals surface area contributed by atoms with Gasteiger partial charge in [-0.1, -0.05) is 45.7 Å². The third-order valence-electron chi connectivity index (χ3n) is 3.82. The summed E-state index contributed by atoms with van der Waals surface area (Å²) in [6.45, 7) is 1.87. The Morgan fingerprint density at radius 3 is 2.74 bits per heavy atom. The summed E-state index contributed by atoms with van der Waals surface area (Å²) in [7, 11) is 0. The third kappa shape index (κ3) is 4.68. The van der Waals surface area contributed by atoms with Crippen LogP contribution in [0.5, 0.6) is 0 Å². The second-order valence-corrected chi connectivity index (χ2v) is 7.12. The number of nitrogens with one attached hydrogen (secondary N) is 1. The van der Waals surface area contributed by atoms with Crippen LogP contribution >= 0.6 is 27.5 Å². The molecule has 4 nitrogen and oxygen atoms in total. The summed E-state index contributed by atoms with van der Waals surface area (Å²) in [6, 6.07) is 18.2. The first-order valence-electron chi connectivity index (χ1n) is 8.01. The predicted octanol–water partition coefficient (Wildman–Crippen LogP) is 6.22. The number of amides is 1. The summed E-state index contributed by atoms with van der Waals surface area (Å²) in [6.07, 6.45) is 1.41. The smallest absolute Gasteiger partial charge is 0.266 e. The van der Waals surface area contributed by atoms with E-state index in [9.17, 15) is 10.1 Å². The number of hydrogen-bond acceptors (Lipinski definition) is 3. The van der Waals surface area contributed by atoms with E-state index >= 15 is 0 Å². The fourth-order valence-electron chi connectivity index (χ4n) is 2.39. The molecule has 0 unspecified atom stereocenters. The lowest BCUT2D eigenvalue weighted by Crippen LogP contribution is -2.13. The molecule has 134 valence electrons. The molecule has 0 radical (unpaired) electrons. The Morgan fingerprint density at radius 1 is 1.22 bits per heavy atom. The Bertz CT molecular complexity index is 1080. The second kappa shape index (κ2) is 8.26. The highest BCUT2D eigenvalue weighted by Crippen LogP contribution is 2.26. The maximum atomic E-state index is 12.4. The van der Waals surface area contributed by atoms with Crippen molar-refractivity contribution in [1.29, 1.82) is 5.26 Å². The summed E-state index contributed by atoms with van der Waals surface area (Å²) in [5, 5.41) is 12.5. The molecule has 3 rings (SSSR count). The predicted molar refractivity (Wildman–Crippen MR) is 110 cm³/mol. The highest BCUT2D eigenvalue weighted by atomic mass is 79.9. The van der Waals surface area contributed by atoms with Crippen LogP contribution in [0.25, 0.3) is 17.4 Å². The zero-order valence-corrected chi connectivity index (χ0v) is 16.6. The van der Waals surface area contributed by atoms with Crippen molar-refractivity contribution in [3.63, 3.8) is 0 Å². The summed E-state index contributed by atoms with van der Waals surface area (Å²) >= 11 is 9.48. The zero-order valence-electron chi connectivity index (χ0n) is 14.3. The van der Waals surface area contributed by atoms with Crippen molar-refractivity contribution in [3.05, 3.63) is 81.0 Å². The first kappa shape index (κ1) is 19.0. The van der Waals surface area contributed by atoms with Crippen molar-refractivity contribution in [1.82, 2.24) is 0 Å². The third-order valence-corrected chi connectivity index (χ3v) is 4.72. The molecule has 27 heavy (non-hydrogen) atoms. The van der Waals surface area contributed by atoms with Gasteiger partial charge in [0.2, 0.25) is 0 Å². The molecule has 1 amide bonds. The zero-order chi connectivity index (χ0) is 19.4. The second-order valence-electron chi connectivity index (χ2n) is 5.80. The average Bonchev–Trinajstić information content (AvgIpc) is 3.11. The number of nitrogens with zero attached hydrogens (tertiary/aromatic N) is 1. The molecule has 0 bridgehead atoms. The number of furan rings is 1. The van der Waals surface area contributed by atoms with E-state index in [0.717, 1.165) is 15.6 Å². The minimum atomic E-state index is -0.530. The SMILES string of the molecule is Cc1ccc(NC(=O)/C(C#N)=C\c2ccc(-c3cccc(Br)c3)o2)cc1Cl. The Hall–Kier alpha value is -2.81. The molecule has 0 aliphatic carbocycles. The lowest BCUT2D eigenvalue weighted by Gasteiger charge is -2.06. The van der Waals surface area contributed by atoms with Crippen LogP contribution in [0.15, 0.2) is 69.1 Å². The van der Waals surface area contributed by atoms with Crippen LogP contribution in [-0.2, 0) is 4.79 Å². The Labute approximate surface area is 170 Å². The van der Waals surface area contributed by atoms with Crippen molar-refractivity contribution in [2.45, 2.75) is 6.92 Å². The highest BCUT2D eigenvalue weighted by molar-refractivity contribution is 9.10. The van der Waals surface area contributed by atoms with Crippen molar-refractivity contribution in [2.75, 3.05) is 5.32 Å². The first-order chi connectivity index (χ1) is 13.0. The van der Waals surface area contributed by atoms with E-state index in [0.29, 0.717) is 22.2 Å². The van der Waals surface area contributed by atoms with Gasteiger partial charge < -0.3 is 9.73 Å². The number of anilines is 1. The van der Waals surface area contributed by atoms with E-state index in [2.05, 4.69) is 21.2 Å². The molecule has 0 saturated heterocycles. The fourth-order valence-corrected chi connectivity index (χ4v) is 2.97. The molecule has 1 heterocycles. The summed E-state index contributed by atoms with van der Waals surface area (Å²) in [5.41, 5.74) is 2.25. The van der Waals surface area contributed by atoms with E-state index in [1.165, 1.54) is 6.08 Å². The van der Waals surface area contributed by atoms with Gasteiger partial charge in [0.1, 0.15) is 23.2 Å². The van der Waals surface area contributed by atoms with Crippen LogP contribution < -0.4 is 5.32 Å². The van der Waals surface area contributed by atoms with Gasteiger partial charge in [-0.25, -0.2) is 0 Å². The Balaban J connectivity index is 1.81. The topological polar surface area (TPSA) is 66.0 Å². The molecule has 1 aromatic heterocycles. The van der Waals surface area contributed by atoms with E-state index in [-0.39, 0.29) is 5.57 Å². The number of aryl methyl sites for hydroxylation is 1. The van der Waals surface area contributed by atoms with Crippen molar-refractivity contribution in [3.8, 4) is 17.4 Å². The summed E-state index contributed by atoms with van der Waals surface area (Å²) < 4.78 is 6.68. The summed E-state index contributed by atoms with van der Waals surface area (Å²) in [5.74, 6) is 0.530. The molecule has 3 aromatic rings. The van der Waals surface area contributed by atoms with Gasteiger partial charge in [-0.3, -0.25) is 4.79 Å². The van der Waals surface area contributed by atoms with Crippen LogP contribution in [-0.4, -0.2) is 5.91 Å². The van der Waals surface area contributed by atoms with Crippen molar-refractivity contribution < 1.29 is 9.21 Å². The van der Waals surface area contributed by atoms with Gasteiger partial charge in [-0.15, -0.1) is 0 Å². The number of carbonyl (C=O) groups is 1. The molecular weight excluding hydrogens is 428 g/mol. The van der Waals surface area contributed by atoms with Crippen molar-refractivity contribution in [2.24, 2.45) is 0 Å². The number of benzene rings is 2. The standard InChI is InChI=1S/C21H14BrClN2O2/c1-13-5-6-17(11-19(13)23)25-21(26)15(12-24)10-18-7-8-20(27-18)14-3-2-4-16(22)9-14/h2-11H,1H3,(H,25,26)/b15-10-. The van der Waals surface area contributed by atoms with Crippen LogP contribution in [0, 0.1) is 18.3 Å². The molecule has 0 aliphatic heterocycles. The van der Waals surface area contributed by atoms with Crippen LogP contribution in [0.4, 0.5) is 5.69 Å². The van der Waals surface area contributed by atoms with Gasteiger partial charge in [0, 0.05) is 26.8 Å². The molecule has 0 aliphatic rings. The van der Waals surface area contributed by atoms with E-state index in [1.54, 1.807) is 30.3 Å². The minimum absolute atomic E-state index is 0.0677. The molecule has 0 spiro atoms. The Morgan fingerprint density at radius 2 is 2.04 bits per heavy atom. The van der Waals surface area contributed by atoms with Crippen LogP contribution in [0.3, 0.4) is 0 Å². The lowest BCUT2D eigenvalue weighted by molar-refractivity contribution is -0.112. The fraction of sp³-hybridized carbons (Fsp3) is 0.0476. The molecule has 2 aromatic carbocycles. The molecular formula is C21H14BrClN2O2. The van der Waals surface area contributed by atoms with E-state index < -0.39 is 5.91 Å². The number of rotatable bonds is 4. The van der Waals surface area contributed by atoms with Gasteiger partial charge in [0.25, 0.3) is 5.91 Å². The van der Waals surface area contributed by atoms with Crippen LogP contribution in [0.1, 0.15) is 11.3 Å². The first-order valence-corrected chi connectivity index (χ1v) is 9.18. The molecule has 6 heteroatoms. The van der Waals surface area contributed by atoms with Crippen molar-refractivity contribution >= 4 is 45.2 Å².